The maximum atomic E-state index is 13.1. The van der Waals surface area contributed by atoms with Gasteiger partial charge in [-0.25, -0.2) is 4.39 Å². The van der Waals surface area contributed by atoms with Crippen LogP contribution in [0.15, 0.2) is 45.3 Å². The predicted molar refractivity (Wildman–Crippen MR) is 81.0 cm³/mol. The molecule has 0 heterocycles. The SMILES string of the molecule is Cc1ccc(C(=O)Cc2ccc(F)c(Br)c2)c(Br)c1. The number of carbonyl (C=O) groups is 1. The molecule has 2 aromatic rings. The van der Waals surface area contributed by atoms with Crippen molar-refractivity contribution in [2.24, 2.45) is 0 Å². The number of hydrogen-bond donors (Lipinski definition) is 0. The zero-order valence-corrected chi connectivity index (χ0v) is 13.4. The van der Waals surface area contributed by atoms with Crippen molar-refractivity contribution in [2.45, 2.75) is 13.3 Å². The number of rotatable bonds is 3. The van der Waals surface area contributed by atoms with Crippen LogP contribution < -0.4 is 0 Å². The summed E-state index contributed by atoms with van der Waals surface area (Å²) in [6, 6.07) is 10.2. The zero-order chi connectivity index (χ0) is 14.0. The molecule has 0 aliphatic heterocycles. The molecule has 0 N–H and O–H groups in total. The van der Waals surface area contributed by atoms with E-state index in [1.165, 1.54) is 6.07 Å². The average Bonchev–Trinajstić information content (AvgIpc) is 2.33. The first-order valence-electron chi connectivity index (χ1n) is 5.70. The van der Waals surface area contributed by atoms with E-state index in [9.17, 15) is 9.18 Å². The lowest BCUT2D eigenvalue weighted by molar-refractivity contribution is 0.0992. The molecule has 0 amide bonds. The van der Waals surface area contributed by atoms with Gasteiger partial charge in [0, 0.05) is 16.5 Å². The third-order valence-electron chi connectivity index (χ3n) is 2.77. The second-order valence-electron chi connectivity index (χ2n) is 4.33. The lowest BCUT2D eigenvalue weighted by atomic mass is 10.0. The van der Waals surface area contributed by atoms with Crippen molar-refractivity contribution in [3.05, 3.63) is 67.9 Å². The molecule has 0 saturated carbocycles. The molecule has 0 aliphatic carbocycles. The fourth-order valence-corrected chi connectivity index (χ4v) is 2.92. The first-order valence-corrected chi connectivity index (χ1v) is 7.29. The minimum Gasteiger partial charge on any atom is -0.294 e. The van der Waals surface area contributed by atoms with Crippen molar-refractivity contribution in [3.63, 3.8) is 0 Å². The van der Waals surface area contributed by atoms with Crippen LogP contribution in [0.1, 0.15) is 21.5 Å². The highest BCUT2D eigenvalue weighted by Gasteiger charge is 2.11. The molecule has 2 rings (SSSR count). The highest BCUT2D eigenvalue weighted by Crippen LogP contribution is 2.22. The molecule has 1 nitrogen and oxygen atoms in total. The summed E-state index contributed by atoms with van der Waals surface area (Å²) in [6.45, 7) is 1.97. The topological polar surface area (TPSA) is 17.1 Å². The normalized spacial score (nSPS) is 10.5. The largest absolute Gasteiger partial charge is 0.294 e. The van der Waals surface area contributed by atoms with Gasteiger partial charge in [0.2, 0.25) is 0 Å². The molecule has 0 spiro atoms. The third kappa shape index (κ3) is 3.51. The number of Topliss-reactive ketones (excluding diaryl/α,β-unsaturated/α-hetero) is 1. The first-order chi connectivity index (χ1) is 8.97. The Morgan fingerprint density at radius 1 is 1.11 bits per heavy atom. The molecule has 0 saturated heterocycles. The number of carbonyl (C=O) groups excluding carboxylic acids is 1. The Balaban J connectivity index is 2.23. The van der Waals surface area contributed by atoms with E-state index in [1.54, 1.807) is 18.2 Å². The van der Waals surface area contributed by atoms with E-state index in [0.29, 0.717) is 10.0 Å². The molecular formula is C15H11Br2FO. The summed E-state index contributed by atoms with van der Waals surface area (Å²) in [7, 11) is 0. The molecule has 2 aromatic carbocycles. The van der Waals surface area contributed by atoms with Gasteiger partial charge in [-0.05, 0) is 58.2 Å². The van der Waals surface area contributed by atoms with Crippen LogP contribution in [0, 0.1) is 12.7 Å². The standard InChI is InChI=1S/C15H11Br2FO/c1-9-2-4-11(12(16)6-9)15(19)8-10-3-5-14(18)13(17)7-10/h2-7H,8H2,1H3. The summed E-state index contributed by atoms with van der Waals surface area (Å²) in [5, 5.41) is 0. The molecule has 0 aromatic heterocycles. The molecule has 0 radical (unpaired) electrons. The summed E-state index contributed by atoms with van der Waals surface area (Å²) in [6.07, 6.45) is 0.251. The van der Waals surface area contributed by atoms with E-state index in [-0.39, 0.29) is 18.0 Å². The average molecular weight is 386 g/mol. The van der Waals surface area contributed by atoms with Crippen LogP contribution in [0.2, 0.25) is 0 Å². The molecule has 19 heavy (non-hydrogen) atoms. The fraction of sp³-hybridized carbons (Fsp3) is 0.133. The van der Waals surface area contributed by atoms with Crippen LogP contribution >= 0.6 is 31.9 Å². The van der Waals surface area contributed by atoms with Crippen molar-refractivity contribution in [3.8, 4) is 0 Å². The van der Waals surface area contributed by atoms with Crippen LogP contribution in [-0.4, -0.2) is 5.78 Å². The smallest absolute Gasteiger partial charge is 0.168 e. The highest BCUT2D eigenvalue weighted by molar-refractivity contribution is 9.10. The Labute approximate surface area is 128 Å². The second kappa shape index (κ2) is 5.97. The van der Waals surface area contributed by atoms with E-state index in [2.05, 4.69) is 31.9 Å². The number of benzene rings is 2. The Hall–Kier alpha value is -1.00. The van der Waals surface area contributed by atoms with Gasteiger partial charge < -0.3 is 0 Å². The van der Waals surface area contributed by atoms with E-state index >= 15 is 0 Å². The summed E-state index contributed by atoms with van der Waals surface area (Å²) >= 11 is 6.52. The second-order valence-corrected chi connectivity index (χ2v) is 6.04. The van der Waals surface area contributed by atoms with Crippen molar-refractivity contribution in [1.82, 2.24) is 0 Å². The first kappa shape index (κ1) is 14.4. The third-order valence-corrected chi connectivity index (χ3v) is 4.04. The maximum absolute atomic E-state index is 13.1. The Morgan fingerprint density at radius 3 is 2.47 bits per heavy atom. The lowest BCUT2D eigenvalue weighted by Gasteiger charge is -2.06. The molecule has 0 bridgehead atoms. The monoisotopic (exact) mass is 384 g/mol. The fourth-order valence-electron chi connectivity index (χ4n) is 1.78. The predicted octanol–water partition coefficient (Wildman–Crippen LogP) is 5.08. The highest BCUT2D eigenvalue weighted by atomic mass is 79.9. The molecule has 0 atom stereocenters. The van der Waals surface area contributed by atoms with Crippen molar-refractivity contribution in [1.29, 1.82) is 0 Å². The van der Waals surface area contributed by atoms with Gasteiger partial charge in [0.1, 0.15) is 5.82 Å². The van der Waals surface area contributed by atoms with Crippen LogP contribution in [0.5, 0.6) is 0 Å². The summed E-state index contributed by atoms with van der Waals surface area (Å²) in [5.74, 6) is -0.321. The minimum absolute atomic E-state index is 0.00498. The summed E-state index contributed by atoms with van der Waals surface area (Å²) < 4.78 is 14.3. The van der Waals surface area contributed by atoms with Gasteiger partial charge in [-0.15, -0.1) is 0 Å². The van der Waals surface area contributed by atoms with Gasteiger partial charge in [0.25, 0.3) is 0 Å². The lowest BCUT2D eigenvalue weighted by Crippen LogP contribution is -2.05. The number of hydrogen-bond acceptors (Lipinski definition) is 1. The molecule has 0 aliphatic rings. The van der Waals surface area contributed by atoms with Gasteiger partial charge in [-0.2, -0.15) is 0 Å². The number of ketones is 1. The van der Waals surface area contributed by atoms with Gasteiger partial charge in [0.15, 0.2) is 5.78 Å². The van der Waals surface area contributed by atoms with Gasteiger partial charge in [-0.1, -0.05) is 28.1 Å². The van der Waals surface area contributed by atoms with Crippen LogP contribution in [0.25, 0.3) is 0 Å². The number of aryl methyl sites for hydroxylation is 1. The van der Waals surface area contributed by atoms with Crippen LogP contribution in [0.3, 0.4) is 0 Å². The Bertz CT molecular complexity index is 638. The number of halogens is 3. The molecule has 0 unspecified atom stereocenters. The zero-order valence-electron chi connectivity index (χ0n) is 10.2. The van der Waals surface area contributed by atoms with Gasteiger partial charge in [0.05, 0.1) is 4.47 Å². The molecule has 4 heteroatoms. The Morgan fingerprint density at radius 2 is 1.84 bits per heavy atom. The van der Waals surface area contributed by atoms with E-state index in [1.807, 2.05) is 19.1 Å². The van der Waals surface area contributed by atoms with E-state index in [4.69, 9.17) is 0 Å². The quantitative estimate of drug-likeness (QED) is 0.673. The van der Waals surface area contributed by atoms with E-state index < -0.39 is 0 Å². The van der Waals surface area contributed by atoms with Gasteiger partial charge in [-0.3, -0.25) is 4.79 Å². The maximum Gasteiger partial charge on any atom is 0.168 e. The molecular weight excluding hydrogens is 375 g/mol. The van der Waals surface area contributed by atoms with Crippen molar-refractivity contribution < 1.29 is 9.18 Å². The Kier molecular flexibility index (Phi) is 4.53. The van der Waals surface area contributed by atoms with Gasteiger partial charge >= 0.3 is 0 Å². The van der Waals surface area contributed by atoms with Crippen molar-refractivity contribution >= 4 is 37.6 Å². The summed E-state index contributed by atoms with van der Waals surface area (Å²) in [4.78, 5) is 12.2. The molecule has 98 valence electrons. The molecule has 0 fully saturated rings. The van der Waals surface area contributed by atoms with Crippen LogP contribution in [0.4, 0.5) is 4.39 Å². The minimum atomic E-state index is -0.326. The van der Waals surface area contributed by atoms with E-state index in [0.717, 1.165) is 15.6 Å². The van der Waals surface area contributed by atoms with Crippen LogP contribution in [-0.2, 0) is 6.42 Å². The van der Waals surface area contributed by atoms with Crippen molar-refractivity contribution in [2.75, 3.05) is 0 Å². The summed E-state index contributed by atoms with van der Waals surface area (Å²) in [5.41, 5.74) is 2.52.